The second-order valence-electron chi connectivity index (χ2n) is 2.19. The summed E-state index contributed by atoms with van der Waals surface area (Å²) in [6.45, 7) is 0. The summed E-state index contributed by atoms with van der Waals surface area (Å²) >= 11 is 0. The van der Waals surface area contributed by atoms with Crippen LogP contribution < -0.4 is 0 Å². The first kappa shape index (κ1) is 5.36. The third-order valence-corrected chi connectivity index (χ3v) is 2.79. The Morgan fingerprint density at radius 2 is 2.36 bits per heavy atom. The van der Waals surface area contributed by atoms with E-state index in [2.05, 4.69) is 19.9 Å². The molecular formula is C5H2N4OS. The van der Waals surface area contributed by atoms with E-state index in [1.807, 2.05) is 0 Å². The summed E-state index contributed by atoms with van der Waals surface area (Å²) in [4.78, 5) is 14.6. The van der Waals surface area contributed by atoms with Crippen LogP contribution in [0.1, 0.15) is 0 Å². The van der Waals surface area contributed by atoms with E-state index >= 15 is 0 Å². The molecule has 1 N–H and O–H groups in total. The zero-order chi connectivity index (χ0) is 7.42. The molecule has 4 heterocycles. The fraction of sp³-hybridized carbons (Fsp3) is 0. The molecule has 5 nitrogen and oxygen atoms in total. The molecule has 0 saturated carbocycles. The van der Waals surface area contributed by atoms with Crippen LogP contribution in [-0.4, -0.2) is 24.1 Å². The molecule has 4 aliphatic rings. The molecule has 2 bridgehead atoms. The van der Waals surface area contributed by atoms with Crippen molar-refractivity contribution in [1.82, 2.24) is 19.9 Å². The van der Waals surface area contributed by atoms with Crippen LogP contribution in [0.2, 0.25) is 0 Å². The first-order valence-corrected chi connectivity index (χ1v) is 4.14. The summed E-state index contributed by atoms with van der Waals surface area (Å²) in [5.74, 6) is 0.577. The molecule has 4 aliphatic heterocycles. The van der Waals surface area contributed by atoms with E-state index in [1.165, 1.54) is 6.33 Å². The highest BCUT2D eigenvalue weighted by Gasteiger charge is 2.30. The van der Waals surface area contributed by atoms with Gasteiger partial charge in [-0.25, -0.2) is 14.2 Å². The van der Waals surface area contributed by atoms with Gasteiger partial charge in [-0.3, -0.25) is 0 Å². The standard InChI is InChI=1S/C5H2N4OS/c10-11-4-2-3(7-1-6-2)8-5(11)9-4/h1H,(H,6,7,8,9). The monoisotopic (exact) mass is 166 g/mol. The average Bonchev–Trinajstić information content (AvgIpc) is 2.49. The average molecular weight is 166 g/mol. The van der Waals surface area contributed by atoms with E-state index in [4.69, 9.17) is 0 Å². The second kappa shape index (κ2) is 1.48. The summed E-state index contributed by atoms with van der Waals surface area (Å²) in [5, 5.41) is 1.13. The molecule has 11 heavy (non-hydrogen) atoms. The van der Waals surface area contributed by atoms with Gasteiger partial charge in [0.1, 0.15) is 27.8 Å². The number of rotatable bonds is 0. The van der Waals surface area contributed by atoms with E-state index in [1.54, 1.807) is 0 Å². The zero-order valence-electron chi connectivity index (χ0n) is 5.24. The lowest BCUT2D eigenvalue weighted by Gasteiger charge is -2.15. The number of aromatic amines is 1. The van der Waals surface area contributed by atoms with E-state index in [0.717, 1.165) is 0 Å². The van der Waals surface area contributed by atoms with E-state index in [9.17, 15) is 4.21 Å². The maximum Gasteiger partial charge on any atom is 0.205 e. The van der Waals surface area contributed by atoms with E-state index in [-0.39, 0.29) is 0 Å². The number of aromatic nitrogens is 4. The number of nitrogens with zero attached hydrogens (tertiary/aromatic N) is 3. The van der Waals surface area contributed by atoms with Crippen LogP contribution in [-0.2, 0) is 10.8 Å². The number of imidazole rings is 1. The van der Waals surface area contributed by atoms with Crippen LogP contribution in [0.3, 0.4) is 0 Å². The molecule has 1 unspecified atom stereocenters. The quantitative estimate of drug-likeness (QED) is 0.370. The Bertz CT molecular complexity index is 436. The van der Waals surface area contributed by atoms with Gasteiger partial charge in [-0.05, 0) is 0 Å². The van der Waals surface area contributed by atoms with Gasteiger partial charge in [-0.2, -0.15) is 4.98 Å². The molecule has 0 aromatic carbocycles. The lowest BCUT2D eigenvalue weighted by molar-refractivity contribution is 0.648. The Kier molecular flexibility index (Phi) is 0.719. The summed E-state index contributed by atoms with van der Waals surface area (Å²) in [5.41, 5.74) is 0.623. The first-order valence-electron chi connectivity index (χ1n) is 2.99. The Morgan fingerprint density at radius 1 is 1.45 bits per heavy atom. The van der Waals surface area contributed by atoms with Crippen molar-refractivity contribution in [2.75, 3.05) is 0 Å². The van der Waals surface area contributed by atoms with Crippen molar-refractivity contribution in [3.63, 3.8) is 0 Å². The van der Waals surface area contributed by atoms with Crippen LogP contribution in [0, 0.1) is 0 Å². The van der Waals surface area contributed by atoms with Gasteiger partial charge in [0.25, 0.3) is 0 Å². The van der Waals surface area contributed by atoms with Crippen molar-refractivity contribution >= 4 is 10.8 Å². The van der Waals surface area contributed by atoms with E-state index < -0.39 is 10.8 Å². The molecule has 0 radical (unpaired) electrons. The number of nitrogens with one attached hydrogen (secondary N) is 1. The Hall–Kier alpha value is -1.30. The van der Waals surface area contributed by atoms with Crippen molar-refractivity contribution in [2.45, 2.75) is 10.2 Å². The molecule has 6 heteroatoms. The van der Waals surface area contributed by atoms with Gasteiger partial charge in [0.15, 0.2) is 5.82 Å². The van der Waals surface area contributed by atoms with Gasteiger partial charge >= 0.3 is 0 Å². The van der Waals surface area contributed by atoms with Gasteiger partial charge in [0.2, 0.25) is 5.16 Å². The lowest BCUT2D eigenvalue weighted by Crippen LogP contribution is -2.16. The Labute approximate surface area is 63.7 Å². The summed E-state index contributed by atoms with van der Waals surface area (Å²) in [7, 11) is -1.07. The van der Waals surface area contributed by atoms with Crippen LogP contribution in [0.4, 0.5) is 0 Å². The zero-order valence-corrected chi connectivity index (χ0v) is 6.05. The molecule has 0 aromatic rings. The SMILES string of the molecule is O=S1c2nc3ncnc-3c1[nH]2. The van der Waals surface area contributed by atoms with Crippen LogP contribution >= 0.6 is 0 Å². The van der Waals surface area contributed by atoms with Crippen molar-refractivity contribution in [2.24, 2.45) is 0 Å². The fourth-order valence-electron chi connectivity index (χ4n) is 1.05. The van der Waals surface area contributed by atoms with Gasteiger partial charge in [-0.1, -0.05) is 0 Å². The topological polar surface area (TPSA) is 71.5 Å². The third-order valence-electron chi connectivity index (χ3n) is 1.58. The summed E-state index contributed by atoms with van der Waals surface area (Å²) in [6, 6.07) is 0. The highest BCUT2D eigenvalue weighted by Crippen LogP contribution is 2.31. The molecule has 0 saturated heterocycles. The minimum atomic E-state index is -1.07. The predicted octanol–water partition coefficient (Wildman–Crippen LogP) is -0.215. The molecule has 54 valence electrons. The lowest BCUT2D eigenvalue weighted by atomic mass is 10.4. The number of hydrogen-bond donors (Lipinski definition) is 1. The van der Waals surface area contributed by atoms with Crippen molar-refractivity contribution in [3.05, 3.63) is 6.33 Å². The molecule has 1 atom stereocenters. The van der Waals surface area contributed by atoms with Crippen molar-refractivity contribution < 1.29 is 4.21 Å². The highest BCUT2D eigenvalue weighted by atomic mass is 32.2. The molecule has 4 rings (SSSR count). The maximum atomic E-state index is 11.1. The van der Waals surface area contributed by atoms with Gasteiger partial charge in [0.05, 0.1) is 0 Å². The number of H-pyrrole nitrogens is 1. The molecular weight excluding hydrogens is 164 g/mol. The predicted molar refractivity (Wildman–Crippen MR) is 35.5 cm³/mol. The summed E-state index contributed by atoms with van der Waals surface area (Å²) in [6.07, 6.45) is 1.42. The second-order valence-corrected chi connectivity index (χ2v) is 3.52. The Balaban J connectivity index is 2.55. The summed E-state index contributed by atoms with van der Waals surface area (Å²) < 4.78 is 11.1. The molecule has 0 aliphatic carbocycles. The maximum absolute atomic E-state index is 11.1. The normalized spacial score (nSPS) is 20.2. The molecule has 0 aromatic heterocycles. The third kappa shape index (κ3) is 0.474. The van der Waals surface area contributed by atoms with E-state index in [0.29, 0.717) is 21.7 Å². The number of hydrogen-bond acceptors (Lipinski definition) is 4. The van der Waals surface area contributed by atoms with Crippen LogP contribution in [0.5, 0.6) is 0 Å². The van der Waals surface area contributed by atoms with Crippen LogP contribution in [0.25, 0.3) is 11.5 Å². The van der Waals surface area contributed by atoms with Gasteiger partial charge in [-0.15, -0.1) is 0 Å². The Morgan fingerprint density at radius 3 is 3.18 bits per heavy atom. The molecule has 0 fully saturated rings. The van der Waals surface area contributed by atoms with Gasteiger partial charge < -0.3 is 4.98 Å². The van der Waals surface area contributed by atoms with Crippen molar-refractivity contribution in [1.29, 1.82) is 0 Å². The van der Waals surface area contributed by atoms with Crippen LogP contribution in [0.15, 0.2) is 16.5 Å². The smallest absolute Gasteiger partial charge is 0.205 e. The minimum absolute atomic E-state index is 0.494. The fourth-order valence-corrected chi connectivity index (χ4v) is 1.97. The molecule has 0 spiro atoms. The largest absolute Gasteiger partial charge is 0.323 e. The minimum Gasteiger partial charge on any atom is -0.323 e. The first-order chi connectivity index (χ1) is 5.36. The molecule has 0 amide bonds. The van der Waals surface area contributed by atoms with Crippen molar-refractivity contribution in [3.8, 4) is 11.5 Å². The van der Waals surface area contributed by atoms with Gasteiger partial charge in [0, 0.05) is 0 Å². The highest BCUT2D eigenvalue weighted by molar-refractivity contribution is 7.85.